The number of carbonyl (C=O) groups excluding carboxylic acids is 1. The summed E-state index contributed by atoms with van der Waals surface area (Å²) in [5.74, 6) is 0.543. The lowest BCUT2D eigenvalue weighted by Gasteiger charge is -2.07. The van der Waals surface area contributed by atoms with Crippen LogP contribution in [-0.2, 0) is 11.2 Å². The first kappa shape index (κ1) is 15.2. The second-order valence-electron chi connectivity index (χ2n) is 5.85. The van der Waals surface area contributed by atoms with Gasteiger partial charge in [0.15, 0.2) is 5.65 Å². The largest absolute Gasteiger partial charge is 0.361 e. The fourth-order valence-corrected chi connectivity index (χ4v) is 2.51. The van der Waals surface area contributed by atoms with Gasteiger partial charge in [0.25, 0.3) is 0 Å². The highest BCUT2D eigenvalue weighted by atomic mass is 16.5. The van der Waals surface area contributed by atoms with Crippen molar-refractivity contribution in [1.82, 2.24) is 19.9 Å². The molecule has 1 N–H and O–H groups in total. The van der Waals surface area contributed by atoms with Crippen molar-refractivity contribution < 1.29 is 9.32 Å². The Balaban J connectivity index is 1.77. The van der Waals surface area contributed by atoms with Crippen LogP contribution in [0.2, 0.25) is 0 Å². The maximum Gasteiger partial charge on any atom is 0.229 e. The van der Waals surface area contributed by atoms with Gasteiger partial charge >= 0.3 is 0 Å². The second-order valence-corrected chi connectivity index (χ2v) is 5.85. The van der Waals surface area contributed by atoms with E-state index in [1.807, 2.05) is 31.5 Å². The van der Waals surface area contributed by atoms with Gasteiger partial charge in [0.1, 0.15) is 5.76 Å². The van der Waals surface area contributed by atoms with Crippen LogP contribution in [-0.4, -0.2) is 25.8 Å². The van der Waals surface area contributed by atoms with Gasteiger partial charge in [-0.1, -0.05) is 5.16 Å². The van der Waals surface area contributed by atoms with E-state index in [1.54, 1.807) is 19.3 Å². The lowest BCUT2D eigenvalue weighted by Crippen LogP contribution is -2.15. The molecule has 7 nitrogen and oxygen atoms in total. The van der Waals surface area contributed by atoms with E-state index in [4.69, 9.17) is 4.52 Å². The van der Waals surface area contributed by atoms with Crippen molar-refractivity contribution in [2.45, 2.75) is 40.2 Å². The number of hydrogen-bond acceptors (Lipinski definition) is 5. The summed E-state index contributed by atoms with van der Waals surface area (Å²) in [6.45, 7) is 7.73. The van der Waals surface area contributed by atoms with Crippen molar-refractivity contribution in [2.75, 3.05) is 5.32 Å². The van der Waals surface area contributed by atoms with E-state index in [-0.39, 0.29) is 18.4 Å². The van der Waals surface area contributed by atoms with E-state index in [1.165, 1.54) is 0 Å². The van der Waals surface area contributed by atoms with Gasteiger partial charge in [-0.3, -0.25) is 4.79 Å². The standard InChI is InChI=1S/C16H19N5O2/c1-9(2)21-16-12(7-18-21)5-13(8-17-16)19-15(22)6-14-10(3)20-23-11(14)4/h5,7-9H,6H2,1-4H3,(H,19,22). The number of hydrogen-bond donors (Lipinski definition) is 1. The SMILES string of the molecule is Cc1noc(C)c1CC(=O)Nc1cnc2c(cnn2C(C)C)c1. The normalized spacial score (nSPS) is 11.3. The van der Waals surface area contributed by atoms with Crippen LogP contribution < -0.4 is 5.32 Å². The summed E-state index contributed by atoms with van der Waals surface area (Å²) in [6, 6.07) is 2.11. The smallest absolute Gasteiger partial charge is 0.229 e. The van der Waals surface area contributed by atoms with Crippen molar-refractivity contribution >= 4 is 22.6 Å². The summed E-state index contributed by atoms with van der Waals surface area (Å²) < 4.78 is 6.93. The Hall–Kier alpha value is -2.70. The minimum atomic E-state index is -0.128. The molecule has 0 aliphatic rings. The number of rotatable bonds is 4. The quantitative estimate of drug-likeness (QED) is 0.800. The molecule has 0 spiro atoms. The summed E-state index contributed by atoms with van der Waals surface area (Å²) in [5, 5.41) is 11.9. The number of aromatic nitrogens is 4. The number of nitrogens with zero attached hydrogens (tertiary/aromatic N) is 4. The van der Waals surface area contributed by atoms with Gasteiger partial charge in [0, 0.05) is 17.0 Å². The third-order valence-corrected chi connectivity index (χ3v) is 3.72. The van der Waals surface area contributed by atoms with E-state index in [0.29, 0.717) is 11.4 Å². The zero-order chi connectivity index (χ0) is 16.6. The molecule has 0 radical (unpaired) electrons. The molecular formula is C16H19N5O2. The van der Waals surface area contributed by atoms with Crippen LogP contribution in [0.3, 0.4) is 0 Å². The van der Waals surface area contributed by atoms with Crippen molar-refractivity contribution in [3.8, 4) is 0 Å². The Labute approximate surface area is 133 Å². The van der Waals surface area contributed by atoms with Crippen molar-refractivity contribution in [1.29, 1.82) is 0 Å². The van der Waals surface area contributed by atoms with Crippen LogP contribution in [0.15, 0.2) is 23.0 Å². The molecule has 120 valence electrons. The highest BCUT2D eigenvalue weighted by molar-refractivity contribution is 5.94. The van der Waals surface area contributed by atoms with Gasteiger partial charge in [0.2, 0.25) is 5.91 Å². The molecule has 0 aromatic carbocycles. The van der Waals surface area contributed by atoms with E-state index in [9.17, 15) is 4.79 Å². The van der Waals surface area contributed by atoms with E-state index in [2.05, 4.69) is 20.6 Å². The van der Waals surface area contributed by atoms with Crippen LogP contribution in [0.1, 0.15) is 36.9 Å². The van der Waals surface area contributed by atoms with E-state index >= 15 is 0 Å². The van der Waals surface area contributed by atoms with Crippen LogP contribution in [0, 0.1) is 13.8 Å². The fraction of sp³-hybridized carbons (Fsp3) is 0.375. The van der Waals surface area contributed by atoms with Gasteiger partial charge in [-0.05, 0) is 33.8 Å². The van der Waals surface area contributed by atoms with Gasteiger partial charge in [-0.25, -0.2) is 9.67 Å². The average molecular weight is 313 g/mol. The summed E-state index contributed by atoms with van der Waals surface area (Å²) in [6.07, 6.45) is 3.63. The molecule has 0 atom stereocenters. The van der Waals surface area contributed by atoms with Crippen molar-refractivity contribution in [3.05, 3.63) is 35.5 Å². The third kappa shape index (κ3) is 2.94. The van der Waals surface area contributed by atoms with Crippen molar-refractivity contribution in [3.63, 3.8) is 0 Å². The molecule has 0 aliphatic heterocycles. The Kier molecular flexibility index (Phi) is 3.85. The molecule has 23 heavy (non-hydrogen) atoms. The Morgan fingerprint density at radius 1 is 1.35 bits per heavy atom. The molecule has 3 aromatic heterocycles. The molecule has 0 bridgehead atoms. The van der Waals surface area contributed by atoms with Crippen LogP contribution in [0.4, 0.5) is 5.69 Å². The minimum Gasteiger partial charge on any atom is -0.361 e. The van der Waals surface area contributed by atoms with E-state index in [0.717, 1.165) is 22.3 Å². The molecule has 7 heteroatoms. The molecular weight excluding hydrogens is 294 g/mol. The molecule has 3 heterocycles. The fourth-order valence-electron chi connectivity index (χ4n) is 2.51. The molecule has 0 aliphatic carbocycles. The molecule has 0 saturated carbocycles. The highest BCUT2D eigenvalue weighted by Gasteiger charge is 2.14. The number of aryl methyl sites for hydroxylation is 2. The van der Waals surface area contributed by atoms with Crippen LogP contribution in [0.25, 0.3) is 11.0 Å². The highest BCUT2D eigenvalue weighted by Crippen LogP contribution is 2.20. The number of anilines is 1. The van der Waals surface area contributed by atoms with Crippen molar-refractivity contribution in [2.24, 2.45) is 0 Å². The van der Waals surface area contributed by atoms with Gasteiger partial charge in [-0.2, -0.15) is 5.10 Å². The minimum absolute atomic E-state index is 0.128. The number of carbonyl (C=O) groups is 1. The summed E-state index contributed by atoms with van der Waals surface area (Å²) >= 11 is 0. The third-order valence-electron chi connectivity index (χ3n) is 3.72. The average Bonchev–Trinajstić information content (AvgIpc) is 3.05. The second kappa shape index (κ2) is 5.83. The number of pyridine rings is 1. The molecule has 0 unspecified atom stereocenters. The van der Waals surface area contributed by atoms with Gasteiger partial charge in [-0.15, -0.1) is 0 Å². The zero-order valence-electron chi connectivity index (χ0n) is 13.6. The lowest BCUT2D eigenvalue weighted by molar-refractivity contribution is -0.115. The first-order valence-corrected chi connectivity index (χ1v) is 7.50. The first-order chi connectivity index (χ1) is 11.0. The Bertz CT molecular complexity index is 843. The Morgan fingerprint density at radius 2 is 2.13 bits per heavy atom. The maximum atomic E-state index is 12.2. The number of nitrogens with one attached hydrogen (secondary N) is 1. The molecule has 3 rings (SSSR count). The van der Waals surface area contributed by atoms with Gasteiger partial charge in [0.05, 0.1) is 30.2 Å². The molecule has 3 aromatic rings. The maximum absolute atomic E-state index is 12.2. The monoisotopic (exact) mass is 313 g/mol. The zero-order valence-corrected chi connectivity index (χ0v) is 13.6. The van der Waals surface area contributed by atoms with Gasteiger partial charge < -0.3 is 9.84 Å². The van der Waals surface area contributed by atoms with Crippen LogP contribution >= 0.6 is 0 Å². The first-order valence-electron chi connectivity index (χ1n) is 7.50. The lowest BCUT2D eigenvalue weighted by atomic mass is 10.1. The summed E-state index contributed by atoms with van der Waals surface area (Å²) in [5.41, 5.74) is 3.02. The predicted molar refractivity (Wildman–Crippen MR) is 86.2 cm³/mol. The topological polar surface area (TPSA) is 85.8 Å². The summed E-state index contributed by atoms with van der Waals surface area (Å²) in [7, 11) is 0. The summed E-state index contributed by atoms with van der Waals surface area (Å²) in [4.78, 5) is 16.6. The molecule has 1 amide bonds. The number of amides is 1. The molecule has 0 saturated heterocycles. The predicted octanol–water partition coefficient (Wildman–Crippen LogP) is 2.80. The Morgan fingerprint density at radius 3 is 2.78 bits per heavy atom. The van der Waals surface area contributed by atoms with E-state index < -0.39 is 0 Å². The van der Waals surface area contributed by atoms with Crippen LogP contribution in [0.5, 0.6) is 0 Å². The number of fused-ring (bicyclic) bond motifs is 1. The molecule has 0 fully saturated rings.